The summed E-state index contributed by atoms with van der Waals surface area (Å²) in [7, 11) is 1.64. The Bertz CT molecular complexity index is 716. The lowest BCUT2D eigenvalue weighted by Gasteiger charge is -2.06. The van der Waals surface area contributed by atoms with E-state index < -0.39 is 0 Å². The zero-order valence-corrected chi connectivity index (χ0v) is 12.2. The summed E-state index contributed by atoms with van der Waals surface area (Å²) in [6, 6.07) is 11.6. The van der Waals surface area contributed by atoms with Crippen LogP contribution in [-0.2, 0) is 5.75 Å². The van der Waals surface area contributed by atoms with Gasteiger partial charge in [-0.1, -0.05) is 23.9 Å². The standard InChI is InChI=1S/C14H13N5OS/c1-20-13-6-2-5-12(8-13)19-14(16-17-18-19)21-10-11-4-3-7-15-9-11/h2-9H,10H2,1H3. The van der Waals surface area contributed by atoms with Gasteiger partial charge in [0.2, 0.25) is 5.16 Å². The fourth-order valence-electron chi connectivity index (χ4n) is 1.80. The van der Waals surface area contributed by atoms with Gasteiger partial charge in [0.05, 0.1) is 12.8 Å². The molecule has 0 aliphatic carbocycles. The molecule has 0 spiro atoms. The second-order valence-electron chi connectivity index (χ2n) is 4.22. The molecule has 0 fully saturated rings. The third-order valence-electron chi connectivity index (χ3n) is 2.83. The molecule has 106 valence electrons. The second-order valence-corrected chi connectivity index (χ2v) is 5.17. The molecule has 0 aliphatic heterocycles. The smallest absolute Gasteiger partial charge is 0.214 e. The first-order valence-electron chi connectivity index (χ1n) is 6.31. The Hall–Kier alpha value is -2.41. The largest absolute Gasteiger partial charge is 0.497 e. The van der Waals surface area contributed by atoms with Gasteiger partial charge in [-0.05, 0) is 34.2 Å². The molecular weight excluding hydrogens is 286 g/mol. The predicted molar refractivity (Wildman–Crippen MR) is 79.5 cm³/mol. The number of pyridine rings is 1. The van der Waals surface area contributed by atoms with E-state index in [-0.39, 0.29) is 0 Å². The van der Waals surface area contributed by atoms with Crippen molar-refractivity contribution in [2.45, 2.75) is 10.9 Å². The lowest BCUT2D eigenvalue weighted by molar-refractivity contribution is 0.414. The number of hydrogen-bond acceptors (Lipinski definition) is 6. The first-order chi connectivity index (χ1) is 10.4. The van der Waals surface area contributed by atoms with Crippen LogP contribution in [0.3, 0.4) is 0 Å². The molecule has 2 heterocycles. The fourth-order valence-corrected chi connectivity index (χ4v) is 2.63. The van der Waals surface area contributed by atoms with Gasteiger partial charge < -0.3 is 4.74 Å². The summed E-state index contributed by atoms with van der Waals surface area (Å²) < 4.78 is 6.92. The van der Waals surface area contributed by atoms with Crippen molar-refractivity contribution in [1.82, 2.24) is 25.2 Å². The lowest BCUT2D eigenvalue weighted by Crippen LogP contribution is -1.99. The quantitative estimate of drug-likeness (QED) is 0.674. The maximum atomic E-state index is 5.23. The number of rotatable bonds is 5. The zero-order chi connectivity index (χ0) is 14.5. The highest BCUT2D eigenvalue weighted by Crippen LogP contribution is 2.23. The Kier molecular flexibility index (Phi) is 4.11. The van der Waals surface area contributed by atoms with Gasteiger partial charge in [0.1, 0.15) is 5.75 Å². The molecule has 0 aliphatic rings. The molecule has 3 rings (SSSR count). The molecule has 0 radical (unpaired) electrons. The zero-order valence-electron chi connectivity index (χ0n) is 11.4. The van der Waals surface area contributed by atoms with Crippen molar-refractivity contribution in [1.29, 1.82) is 0 Å². The van der Waals surface area contributed by atoms with E-state index in [1.165, 1.54) is 0 Å². The number of hydrogen-bond donors (Lipinski definition) is 0. The van der Waals surface area contributed by atoms with Gasteiger partial charge in [0, 0.05) is 24.2 Å². The molecule has 1 aromatic carbocycles. The van der Waals surface area contributed by atoms with E-state index >= 15 is 0 Å². The molecule has 0 N–H and O–H groups in total. The summed E-state index contributed by atoms with van der Waals surface area (Å²) in [4.78, 5) is 4.10. The van der Waals surface area contributed by atoms with E-state index in [9.17, 15) is 0 Å². The molecule has 21 heavy (non-hydrogen) atoms. The average Bonchev–Trinajstić information content (AvgIpc) is 3.02. The van der Waals surface area contributed by atoms with Crippen molar-refractivity contribution >= 4 is 11.8 Å². The Morgan fingerprint density at radius 1 is 1.24 bits per heavy atom. The molecule has 0 amide bonds. The van der Waals surface area contributed by atoms with E-state index in [2.05, 4.69) is 20.5 Å². The van der Waals surface area contributed by atoms with Gasteiger partial charge >= 0.3 is 0 Å². The summed E-state index contributed by atoms with van der Waals surface area (Å²) in [6.07, 6.45) is 3.60. The summed E-state index contributed by atoms with van der Waals surface area (Å²) in [5, 5.41) is 12.6. The number of benzene rings is 1. The van der Waals surface area contributed by atoms with Crippen LogP contribution >= 0.6 is 11.8 Å². The maximum absolute atomic E-state index is 5.23. The minimum absolute atomic E-state index is 0.729. The van der Waals surface area contributed by atoms with Crippen LogP contribution in [0.5, 0.6) is 5.75 Å². The molecule has 6 nitrogen and oxygen atoms in total. The summed E-state index contributed by atoms with van der Waals surface area (Å²) in [5.41, 5.74) is 2.00. The van der Waals surface area contributed by atoms with Gasteiger partial charge in [0.25, 0.3) is 0 Å². The number of tetrazole rings is 1. The molecule has 0 saturated heterocycles. The highest BCUT2D eigenvalue weighted by atomic mass is 32.2. The van der Waals surface area contributed by atoms with Crippen molar-refractivity contribution in [2.24, 2.45) is 0 Å². The minimum Gasteiger partial charge on any atom is -0.497 e. The molecule has 0 atom stereocenters. The van der Waals surface area contributed by atoms with Crippen LogP contribution < -0.4 is 4.74 Å². The van der Waals surface area contributed by atoms with E-state index in [1.807, 2.05) is 42.6 Å². The molecule has 0 bridgehead atoms. The van der Waals surface area contributed by atoms with Gasteiger partial charge in [-0.3, -0.25) is 4.98 Å². The molecule has 3 aromatic rings. The van der Waals surface area contributed by atoms with Crippen LogP contribution in [0.15, 0.2) is 53.9 Å². The molecule has 0 unspecified atom stereocenters. The van der Waals surface area contributed by atoms with E-state index in [0.29, 0.717) is 0 Å². The monoisotopic (exact) mass is 299 g/mol. The number of aromatic nitrogens is 5. The second kappa shape index (κ2) is 6.36. The van der Waals surface area contributed by atoms with Crippen molar-refractivity contribution in [2.75, 3.05) is 7.11 Å². The van der Waals surface area contributed by atoms with Gasteiger partial charge in [-0.2, -0.15) is 4.68 Å². The fraction of sp³-hybridized carbons (Fsp3) is 0.143. The van der Waals surface area contributed by atoms with Crippen molar-refractivity contribution < 1.29 is 4.74 Å². The number of ether oxygens (including phenoxy) is 1. The predicted octanol–water partition coefficient (Wildman–Crippen LogP) is 2.36. The lowest BCUT2D eigenvalue weighted by atomic mass is 10.3. The number of thioether (sulfide) groups is 1. The molecule has 2 aromatic heterocycles. The van der Waals surface area contributed by atoms with Crippen LogP contribution in [-0.4, -0.2) is 32.3 Å². The third-order valence-corrected chi connectivity index (χ3v) is 3.82. The number of nitrogens with zero attached hydrogens (tertiary/aromatic N) is 5. The van der Waals surface area contributed by atoms with Crippen LogP contribution in [0.25, 0.3) is 5.69 Å². The van der Waals surface area contributed by atoms with Gasteiger partial charge in [-0.25, -0.2) is 0 Å². The van der Waals surface area contributed by atoms with Crippen LogP contribution in [0.1, 0.15) is 5.56 Å². The van der Waals surface area contributed by atoms with E-state index in [0.717, 1.165) is 27.9 Å². The normalized spacial score (nSPS) is 10.5. The topological polar surface area (TPSA) is 65.7 Å². The van der Waals surface area contributed by atoms with Crippen LogP contribution in [0.4, 0.5) is 0 Å². The van der Waals surface area contributed by atoms with E-state index in [1.54, 1.807) is 29.8 Å². The van der Waals surface area contributed by atoms with Crippen LogP contribution in [0.2, 0.25) is 0 Å². The van der Waals surface area contributed by atoms with Gasteiger partial charge in [0.15, 0.2) is 0 Å². The van der Waals surface area contributed by atoms with Crippen molar-refractivity contribution in [3.63, 3.8) is 0 Å². The highest BCUT2D eigenvalue weighted by Gasteiger charge is 2.09. The molecule has 0 saturated carbocycles. The van der Waals surface area contributed by atoms with E-state index in [4.69, 9.17) is 4.74 Å². The molecule has 7 heteroatoms. The average molecular weight is 299 g/mol. The Labute approximate surface area is 126 Å². The highest BCUT2D eigenvalue weighted by molar-refractivity contribution is 7.98. The molecular formula is C14H13N5OS. The first-order valence-corrected chi connectivity index (χ1v) is 7.30. The minimum atomic E-state index is 0.729. The summed E-state index contributed by atoms with van der Waals surface area (Å²) >= 11 is 1.56. The van der Waals surface area contributed by atoms with Gasteiger partial charge in [-0.15, -0.1) is 5.10 Å². The SMILES string of the molecule is COc1cccc(-n2nnnc2SCc2cccnc2)c1. The Balaban J connectivity index is 1.80. The van der Waals surface area contributed by atoms with Crippen LogP contribution in [0, 0.1) is 0 Å². The number of methoxy groups -OCH3 is 1. The summed E-state index contributed by atoms with van der Waals surface area (Å²) in [5.74, 6) is 1.53. The maximum Gasteiger partial charge on any atom is 0.214 e. The third kappa shape index (κ3) is 3.19. The first kappa shape index (κ1) is 13.6. The Morgan fingerprint density at radius 2 is 2.19 bits per heavy atom. The summed E-state index contributed by atoms with van der Waals surface area (Å²) in [6.45, 7) is 0. The van der Waals surface area contributed by atoms with Crippen molar-refractivity contribution in [3.05, 3.63) is 54.4 Å². The Morgan fingerprint density at radius 3 is 3.00 bits per heavy atom. The van der Waals surface area contributed by atoms with Crippen molar-refractivity contribution in [3.8, 4) is 11.4 Å².